The van der Waals surface area contributed by atoms with Crippen LogP contribution in [0.5, 0.6) is 0 Å². The van der Waals surface area contributed by atoms with E-state index in [1.54, 1.807) is 16.4 Å². The summed E-state index contributed by atoms with van der Waals surface area (Å²) in [5, 5.41) is 13.5. The van der Waals surface area contributed by atoms with E-state index >= 15 is 0 Å². The highest BCUT2D eigenvalue weighted by atomic mass is 32.2. The SMILES string of the molecule is C[C@H]1c2cnn(-c3ccc(F)cc3)c2C=C2CCN(S(=O)(=O)c3ccc(C#N)cc3)C[C@H]21. The Bertz CT molecular complexity index is 1350. The number of piperidine rings is 1. The number of fused-ring (bicyclic) bond motifs is 2. The smallest absolute Gasteiger partial charge is 0.233 e. The predicted octanol–water partition coefficient (Wildman–Crippen LogP) is 4.09. The molecule has 1 aliphatic carbocycles. The molecule has 2 aliphatic rings. The van der Waals surface area contributed by atoms with Crippen LogP contribution in [0.2, 0.25) is 0 Å². The van der Waals surface area contributed by atoms with Gasteiger partial charge in [0.2, 0.25) is 10.0 Å². The largest absolute Gasteiger partial charge is 0.243 e. The van der Waals surface area contributed by atoms with Crippen LogP contribution in [0.3, 0.4) is 0 Å². The molecule has 0 saturated carbocycles. The zero-order chi connectivity index (χ0) is 22.5. The van der Waals surface area contributed by atoms with E-state index in [1.807, 2.05) is 16.9 Å². The number of halogens is 1. The maximum absolute atomic E-state index is 13.3. The molecule has 2 heterocycles. The number of hydrogen-bond acceptors (Lipinski definition) is 4. The lowest BCUT2D eigenvalue weighted by atomic mass is 9.75. The van der Waals surface area contributed by atoms with Gasteiger partial charge in [0, 0.05) is 24.6 Å². The fraction of sp³-hybridized carbons (Fsp3) is 0.250. The van der Waals surface area contributed by atoms with E-state index in [-0.39, 0.29) is 22.5 Å². The van der Waals surface area contributed by atoms with Crippen LogP contribution in [0.1, 0.15) is 36.1 Å². The second-order valence-corrected chi connectivity index (χ2v) is 10.2. The first kappa shape index (κ1) is 20.6. The van der Waals surface area contributed by atoms with Crippen molar-refractivity contribution in [1.82, 2.24) is 14.1 Å². The fourth-order valence-electron chi connectivity index (χ4n) is 4.64. The van der Waals surface area contributed by atoms with Crippen LogP contribution in [-0.2, 0) is 10.0 Å². The number of sulfonamides is 1. The minimum Gasteiger partial charge on any atom is -0.233 e. The minimum absolute atomic E-state index is 0.0651. The third-order valence-electron chi connectivity index (χ3n) is 6.47. The van der Waals surface area contributed by atoms with Gasteiger partial charge in [0.25, 0.3) is 0 Å². The summed E-state index contributed by atoms with van der Waals surface area (Å²) in [5.41, 5.74) is 4.45. The molecule has 5 rings (SSSR count). The summed E-state index contributed by atoms with van der Waals surface area (Å²) in [4.78, 5) is 0.206. The zero-order valence-electron chi connectivity index (χ0n) is 17.4. The molecule has 0 radical (unpaired) electrons. The highest BCUT2D eigenvalue weighted by molar-refractivity contribution is 7.89. The minimum atomic E-state index is -3.64. The van der Waals surface area contributed by atoms with Crippen LogP contribution >= 0.6 is 0 Å². The lowest BCUT2D eigenvalue weighted by Crippen LogP contribution is -2.43. The predicted molar refractivity (Wildman–Crippen MR) is 118 cm³/mol. The standard InChI is InChI=1S/C24H21FN4O2S/c1-16-22-14-27-29(20-6-4-19(25)5-7-20)24(22)12-18-10-11-28(15-23(16)18)32(30,31)21-8-2-17(13-26)3-9-21/h2-9,12,14,16,23H,10-11,15H2,1H3/t16-,23-/m0/s1. The summed E-state index contributed by atoms with van der Waals surface area (Å²) in [7, 11) is -3.64. The second kappa shape index (κ2) is 7.69. The Morgan fingerprint density at radius 3 is 2.53 bits per heavy atom. The maximum Gasteiger partial charge on any atom is 0.243 e. The first-order chi connectivity index (χ1) is 15.4. The second-order valence-electron chi connectivity index (χ2n) is 8.24. The number of rotatable bonds is 3. The molecule has 8 heteroatoms. The third kappa shape index (κ3) is 3.34. The Labute approximate surface area is 186 Å². The molecule has 1 fully saturated rings. The number of nitrogens with zero attached hydrogens (tertiary/aromatic N) is 4. The van der Waals surface area contributed by atoms with Crippen molar-refractivity contribution in [1.29, 1.82) is 5.26 Å². The lowest BCUT2D eigenvalue weighted by molar-refractivity contribution is 0.299. The molecule has 0 unspecified atom stereocenters. The Hall–Kier alpha value is -3.28. The first-order valence-electron chi connectivity index (χ1n) is 10.4. The molecule has 0 N–H and O–H groups in total. The summed E-state index contributed by atoms with van der Waals surface area (Å²) >= 11 is 0. The number of benzene rings is 2. The molecule has 3 aromatic rings. The molecule has 1 aliphatic heterocycles. The van der Waals surface area contributed by atoms with Gasteiger partial charge >= 0.3 is 0 Å². The summed E-state index contributed by atoms with van der Waals surface area (Å²) in [6.07, 6.45) is 4.57. The van der Waals surface area contributed by atoms with E-state index in [2.05, 4.69) is 18.1 Å². The molecular weight excluding hydrogens is 427 g/mol. The molecule has 6 nitrogen and oxygen atoms in total. The molecule has 1 saturated heterocycles. The van der Waals surface area contributed by atoms with Gasteiger partial charge in [-0.15, -0.1) is 0 Å². The molecule has 32 heavy (non-hydrogen) atoms. The van der Waals surface area contributed by atoms with Crippen LogP contribution < -0.4 is 0 Å². The Morgan fingerprint density at radius 2 is 1.84 bits per heavy atom. The van der Waals surface area contributed by atoms with Crippen molar-refractivity contribution >= 4 is 16.1 Å². The summed E-state index contributed by atoms with van der Waals surface area (Å²) < 4.78 is 43.1. The van der Waals surface area contributed by atoms with Crippen LogP contribution in [0.25, 0.3) is 11.8 Å². The molecule has 162 valence electrons. The van der Waals surface area contributed by atoms with Crippen molar-refractivity contribution in [3.05, 3.63) is 82.9 Å². The Morgan fingerprint density at radius 1 is 1.12 bits per heavy atom. The normalized spacial score (nSPS) is 20.7. The fourth-order valence-corrected chi connectivity index (χ4v) is 6.11. The maximum atomic E-state index is 13.3. The Kier molecular flexibility index (Phi) is 4.96. The number of aromatic nitrogens is 2. The third-order valence-corrected chi connectivity index (χ3v) is 8.35. The van der Waals surface area contributed by atoms with Gasteiger partial charge in [-0.25, -0.2) is 17.5 Å². The topological polar surface area (TPSA) is 79.0 Å². The number of hydrogen-bond donors (Lipinski definition) is 0. The highest BCUT2D eigenvalue weighted by Crippen LogP contribution is 2.43. The molecule has 1 aromatic heterocycles. The van der Waals surface area contributed by atoms with Crippen molar-refractivity contribution in [2.45, 2.75) is 24.2 Å². The van der Waals surface area contributed by atoms with Gasteiger partial charge in [0.05, 0.1) is 34.1 Å². The summed E-state index contributed by atoms with van der Waals surface area (Å²) in [6, 6.07) is 14.3. The van der Waals surface area contributed by atoms with Crippen molar-refractivity contribution in [3.63, 3.8) is 0 Å². The van der Waals surface area contributed by atoms with Gasteiger partial charge < -0.3 is 0 Å². The summed E-state index contributed by atoms with van der Waals surface area (Å²) in [6.45, 7) is 2.90. The van der Waals surface area contributed by atoms with E-state index in [4.69, 9.17) is 5.26 Å². The van der Waals surface area contributed by atoms with E-state index in [1.165, 1.54) is 42.0 Å². The van der Waals surface area contributed by atoms with Gasteiger partial charge in [-0.1, -0.05) is 12.5 Å². The van der Waals surface area contributed by atoms with E-state index in [9.17, 15) is 12.8 Å². The monoisotopic (exact) mass is 448 g/mol. The molecule has 0 bridgehead atoms. The average Bonchev–Trinajstić information content (AvgIpc) is 3.23. The average molecular weight is 449 g/mol. The van der Waals surface area contributed by atoms with Gasteiger partial charge in [0.1, 0.15) is 5.82 Å². The van der Waals surface area contributed by atoms with Gasteiger partial charge in [-0.2, -0.15) is 14.7 Å². The molecule has 2 atom stereocenters. The van der Waals surface area contributed by atoms with Crippen molar-refractivity contribution in [2.75, 3.05) is 13.1 Å². The van der Waals surface area contributed by atoms with Crippen molar-refractivity contribution < 1.29 is 12.8 Å². The molecule has 2 aromatic carbocycles. The van der Waals surface area contributed by atoms with Crippen LogP contribution in [0.4, 0.5) is 4.39 Å². The van der Waals surface area contributed by atoms with Gasteiger partial charge in [-0.05, 0) is 66.9 Å². The summed E-state index contributed by atoms with van der Waals surface area (Å²) in [5.74, 6) is -0.133. The van der Waals surface area contributed by atoms with Gasteiger partial charge in [0.15, 0.2) is 0 Å². The van der Waals surface area contributed by atoms with Crippen molar-refractivity contribution in [3.8, 4) is 11.8 Å². The molecular formula is C24H21FN4O2S. The molecule has 0 amide bonds. The van der Waals surface area contributed by atoms with Crippen molar-refractivity contribution in [2.24, 2.45) is 5.92 Å². The Balaban J connectivity index is 1.44. The first-order valence-corrected chi connectivity index (χ1v) is 11.9. The van der Waals surface area contributed by atoms with Gasteiger partial charge in [-0.3, -0.25) is 0 Å². The zero-order valence-corrected chi connectivity index (χ0v) is 18.3. The highest BCUT2D eigenvalue weighted by Gasteiger charge is 2.39. The van der Waals surface area contributed by atoms with Crippen LogP contribution in [-0.4, -0.2) is 35.6 Å². The quantitative estimate of drug-likeness (QED) is 0.604. The van der Waals surface area contributed by atoms with E-state index in [0.29, 0.717) is 25.1 Å². The van der Waals surface area contributed by atoms with Crippen LogP contribution in [0.15, 0.2) is 65.2 Å². The number of nitriles is 1. The van der Waals surface area contributed by atoms with E-state index < -0.39 is 10.0 Å². The van der Waals surface area contributed by atoms with E-state index in [0.717, 1.165) is 16.9 Å². The van der Waals surface area contributed by atoms with Crippen LogP contribution in [0, 0.1) is 23.1 Å². The lowest BCUT2D eigenvalue weighted by Gasteiger charge is -2.39. The molecule has 0 spiro atoms.